The van der Waals surface area contributed by atoms with Gasteiger partial charge in [0.05, 0.1) is 6.04 Å². The van der Waals surface area contributed by atoms with Crippen LogP contribution in [0.3, 0.4) is 0 Å². The summed E-state index contributed by atoms with van der Waals surface area (Å²) in [4.78, 5) is 12.1. The minimum atomic E-state index is -0.336. The number of hydrogen-bond acceptors (Lipinski definition) is 2. The number of nitrogens with one attached hydrogen (secondary N) is 1. The molecule has 1 N–H and O–H groups in total. The summed E-state index contributed by atoms with van der Waals surface area (Å²) in [5.74, 6) is -0.0730. The Kier molecular flexibility index (Phi) is 4.22. The van der Waals surface area contributed by atoms with Gasteiger partial charge in [0.2, 0.25) is 5.91 Å². The molecule has 5 heteroatoms. The maximum Gasteiger partial charge on any atom is 0.245 e. The van der Waals surface area contributed by atoms with Crippen molar-refractivity contribution >= 4 is 17.5 Å². The molecule has 1 aromatic heterocycles. The summed E-state index contributed by atoms with van der Waals surface area (Å²) in [5.41, 5.74) is 0.980. The van der Waals surface area contributed by atoms with Gasteiger partial charge in [0.15, 0.2) is 0 Å². The second-order valence-corrected chi connectivity index (χ2v) is 4.88. The van der Waals surface area contributed by atoms with Crippen LogP contribution in [0.1, 0.15) is 31.5 Å². The van der Waals surface area contributed by atoms with Crippen LogP contribution in [-0.4, -0.2) is 15.7 Å². The molecule has 0 saturated carbocycles. The predicted octanol–water partition coefficient (Wildman–Crippen LogP) is 2.97. The predicted molar refractivity (Wildman–Crippen MR) is 74.9 cm³/mol. The summed E-state index contributed by atoms with van der Waals surface area (Å²) in [6.45, 7) is 3.74. The van der Waals surface area contributed by atoms with Crippen molar-refractivity contribution < 1.29 is 4.79 Å². The maximum atomic E-state index is 12.1. The minimum Gasteiger partial charge on any atom is -0.348 e. The first-order chi connectivity index (χ1) is 9.08. The molecule has 1 heterocycles. The van der Waals surface area contributed by atoms with Crippen LogP contribution in [0.25, 0.3) is 0 Å². The number of carbonyl (C=O) groups excluding carboxylic acids is 1. The molecule has 1 aromatic carbocycles. The van der Waals surface area contributed by atoms with Gasteiger partial charge in [0.25, 0.3) is 0 Å². The Morgan fingerprint density at radius 2 is 2.16 bits per heavy atom. The van der Waals surface area contributed by atoms with Crippen molar-refractivity contribution in [3.63, 3.8) is 0 Å². The van der Waals surface area contributed by atoms with E-state index in [2.05, 4.69) is 10.4 Å². The highest BCUT2D eigenvalue weighted by molar-refractivity contribution is 6.30. The van der Waals surface area contributed by atoms with E-state index in [1.54, 1.807) is 23.1 Å². The molecule has 19 heavy (non-hydrogen) atoms. The Morgan fingerprint density at radius 1 is 1.37 bits per heavy atom. The van der Waals surface area contributed by atoms with E-state index >= 15 is 0 Å². The molecule has 0 aliphatic carbocycles. The van der Waals surface area contributed by atoms with Gasteiger partial charge >= 0.3 is 0 Å². The first kappa shape index (κ1) is 13.6. The van der Waals surface area contributed by atoms with Gasteiger partial charge in [-0.25, -0.2) is 0 Å². The quantitative estimate of drug-likeness (QED) is 0.934. The lowest BCUT2D eigenvalue weighted by molar-refractivity contribution is -0.124. The molecule has 2 unspecified atom stereocenters. The number of aromatic nitrogens is 2. The number of rotatable bonds is 4. The highest BCUT2D eigenvalue weighted by atomic mass is 35.5. The van der Waals surface area contributed by atoms with E-state index in [0.717, 1.165) is 5.56 Å². The number of hydrogen-bond donors (Lipinski definition) is 1. The van der Waals surface area contributed by atoms with Crippen molar-refractivity contribution in [2.24, 2.45) is 0 Å². The van der Waals surface area contributed by atoms with Crippen LogP contribution in [0.5, 0.6) is 0 Å². The Hall–Kier alpha value is -1.81. The van der Waals surface area contributed by atoms with Crippen molar-refractivity contribution in [2.75, 3.05) is 0 Å². The van der Waals surface area contributed by atoms with Crippen molar-refractivity contribution in [3.8, 4) is 0 Å². The average Bonchev–Trinajstić information content (AvgIpc) is 2.91. The highest BCUT2D eigenvalue weighted by Gasteiger charge is 2.17. The third-order valence-electron chi connectivity index (χ3n) is 3.01. The molecular weight excluding hydrogens is 262 g/mol. The lowest BCUT2D eigenvalue weighted by atomic mass is 10.1. The summed E-state index contributed by atoms with van der Waals surface area (Å²) in [6.07, 6.45) is 3.43. The second-order valence-electron chi connectivity index (χ2n) is 4.45. The second kappa shape index (κ2) is 5.89. The smallest absolute Gasteiger partial charge is 0.245 e. The molecule has 0 bridgehead atoms. The molecule has 4 nitrogen and oxygen atoms in total. The fourth-order valence-electron chi connectivity index (χ4n) is 1.82. The summed E-state index contributed by atoms with van der Waals surface area (Å²) >= 11 is 5.94. The molecule has 0 aliphatic rings. The van der Waals surface area contributed by atoms with E-state index in [0.29, 0.717) is 5.02 Å². The zero-order valence-corrected chi connectivity index (χ0v) is 11.6. The molecule has 2 aromatic rings. The fourth-order valence-corrected chi connectivity index (χ4v) is 2.02. The van der Waals surface area contributed by atoms with Gasteiger partial charge in [-0.3, -0.25) is 9.48 Å². The SMILES string of the molecule is CC(NC(=O)C(C)n1cccn1)c1cccc(Cl)c1. The van der Waals surface area contributed by atoms with Gasteiger partial charge in [-0.1, -0.05) is 23.7 Å². The molecule has 0 aliphatic heterocycles. The monoisotopic (exact) mass is 277 g/mol. The van der Waals surface area contributed by atoms with Crippen LogP contribution in [0.4, 0.5) is 0 Å². The molecule has 0 radical (unpaired) electrons. The van der Waals surface area contributed by atoms with Crippen molar-refractivity contribution in [3.05, 3.63) is 53.3 Å². The molecule has 1 amide bonds. The third kappa shape index (κ3) is 3.35. The van der Waals surface area contributed by atoms with E-state index in [-0.39, 0.29) is 18.0 Å². The molecule has 2 atom stereocenters. The first-order valence-electron chi connectivity index (χ1n) is 6.13. The Labute approximate surface area is 117 Å². The zero-order chi connectivity index (χ0) is 13.8. The lowest BCUT2D eigenvalue weighted by Crippen LogP contribution is -2.33. The number of carbonyl (C=O) groups is 1. The fraction of sp³-hybridized carbons (Fsp3) is 0.286. The molecule has 2 rings (SSSR count). The third-order valence-corrected chi connectivity index (χ3v) is 3.24. The first-order valence-corrected chi connectivity index (χ1v) is 6.50. The van der Waals surface area contributed by atoms with E-state index < -0.39 is 0 Å². The van der Waals surface area contributed by atoms with Crippen LogP contribution in [0.15, 0.2) is 42.7 Å². The Balaban J connectivity index is 2.03. The molecule has 0 spiro atoms. The van der Waals surface area contributed by atoms with Crippen LogP contribution in [0, 0.1) is 0 Å². The number of nitrogens with zero attached hydrogens (tertiary/aromatic N) is 2. The van der Waals surface area contributed by atoms with Gasteiger partial charge in [-0.2, -0.15) is 5.10 Å². The van der Waals surface area contributed by atoms with Crippen LogP contribution in [-0.2, 0) is 4.79 Å². The molecule has 0 fully saturated rings. The molecule has 0 saturated heterocycles. The normalized spacial score (nSPS) is 13.8. The van der Waals surface area contributed by atoms with Crippen molar-refractivity contribution in [2.45, 2.75) is 25.9 Å². The Morgan fingerprint density at radius 3 is 2.79 bits per heavy atom. The molecular formula is C14H16ClN3O. The standard InChI is InChI=1S/C14H16ClN3O/c1-10(12-5-3-6-13(15)9-12)17-14(19)11(2)18-8-4-7-16-18/h3-11H,1-2H3,(H,17,19). The van der Waals surface area contributed by atoms with E-state index in [1.165, 1.54) is 0 Å². The number of benzene rings is 1. The summed E-state index contributed by atoms with van der Waals surface area (Å²) < 4.78 is 1.63. The zero-order valence-electron chi connectivity index (χ0n) is 10.9. The average molecular weight is 278 g/mol. The number of amides is 1. The van der Waals surface area contributed by atoms with E-state index in [4.69, 9.17) is 11.6 Å². The highest BCUT2D eigenvalue weighted by Crippen LogP contribution is 2.18. The van der Waals surface area contributed by atoms with Gasteiger partial charge in [-0.05, 0) is 37.6 Å². The maximum absolute atomic E-state index is 12.1. The van der Waals surface area contributed by atoms with Crippen molar-refractivity contribution in [1.82, 2.24) is 15.1 Å². The topological polar surface area (TPSA) is 46.9 Å². The summed E-state index contributed by atoms with van der Waals surface area (Å²) in [7, 11) is 0. The lowest BCUT2D eigenvalue weighted by Gasteiger charge is -2.18. The summed E-state index contributed by atoms with van der Waals surface area (Å²) in [6, 6.07) is 8.84. The van der Waals surface area contributed by atoms with Gasteiger partial charge in [-0.15, -0.1) is 0 Å². The van der Waals surface area contributed by atoms with E-state index in [1.807, 2.05) is 38.1 Å². The minimum absolute atomic E-state index is 0.0730. The summed E-state index contributed by atoms with van der Waals surface area (Å²) in [5, 5.41) is 7.68. The Bertz CT molecular complexity index is 554. The van der Waals surface area contributed by atoms with Gasteiger partial charge < -0.3 is 5.32 Å². The van der Waals surface area contributed by atoms with Gasteiger partial charge in [0.1, 0.15) is 6.04 Å². The van der Waals surface area contributed by atoms with E-state index in [9.17, 15) is 4.79 Å². The van der Waals surface area contributed by atoms with Crippen molar-refractivity contribution in [1.29, 1.82) is 0 Å². The van der Waals surface area contributed by atoms with Crippen LogP contribution < -0.4 is 5.32 Å². The van der Waals surface area contributed by atoms with Crippen LogP contribution >= 0.6 is 11.6 Å². The molecule has 100 valence electrons. The van der Waals surface area contributed by atoms with Crippen LogP contribution in [0.2, 0.25) is 5.02 Å². The number of halogens is 1. The largest absolute Gasteiger partial charge is 0.348 e. The van der Waals surface area contributed by atoms with Gasteiger partial charge in [0, 0.05) is 17.4 Å².